The SMILES string of the molecule is CCNC(=NCc1cccc2ccccc12)N1CCC(OCCCOC)CC1.I. The van der Waals surface area contributed by atoms with Crippen LogP contribution in [-0.4, -0.2) is 56.9 Å². The zero-order valence-electron chi connectivity index (χ0n) is 17.6. The molecule has 1 N–H and O–H groups in total. The average molecular weight is 511 g/mol. The van der Waals surface area contributed by atoms with Crippen LogP contribution in [0.4, 0.5) is 0 Å². The molecule has 3 rings (SSSR count). The number of hydrogen-bond acceptors (Lipinski definition) is 3. The maximum absolute atomic E-state index is 5.98. The predicted molar refractivity (Wildman–Crippen MR) is 131 cm³/mol. The summed E-state index contributed by atoms with van der Waals surface area (Å²) < 4.78 is 11.1. The number of ether oxygens (including phenoxy) is 2. The molecule has 1 aliphatic heterocycles. The van der Waals surface area contributed by atoms with Crippen molar-refractivity contribution in [2.45, 2.75) is 38.8 Å². The van der Waals surface area contributed by atoms with Gasteiger partial charge in [-0.15, -0.1) is 24.0 Å². The molecule has 1 heterocycles. The van der Waals surface area contributed by atoms with Crippen molar-refractivity contribution in [3.63, 3.8) is 0 Å². The number of benzene rings is 2. The molecule has 0 atom stereocenters. The van der Waals surface area contributed by atoms with Gasteiger partial charge in [0.15, 0.2) is 5.96 Å². The normalized spacial score (nSPS) is 15.4. The van der Waals surface area contributed by atoms with E-state index in [2.05, 4.69) is 59.6 Å². The highest BCUT2D eigenvalue weighted by Gasteiger charge is 2.21. The van der Waals surface area contributed by atoms with Gasteiger partial charge >= 0.3 is 0 Å². The Labute approximate surface area is 191 Å². The molecule has 0 aliphatic carbocycles. The lowest BCUT2D eigenvalue weighted by molar-refractivity contribution is 0.00990. The highest BCUT2D eigenvalue weighted by atomic mass is 127. The van der Waals surface area contributed by atoms with E-state index in [4.69, 9.17) is 14.5 Å². The van der Waals surface area contributed by atoms with E-state index >= 15 is 0 Å². The third-order valence-corrected chi connectivity index (χ3v) is 5.20. The Balaban J connectivity index is 0.00000300. The maximum Gasteiger partial charge on any atom is 0.194 e. The van der Waals surface area contributed by atoms with E-state index in [1.54, 1.807) is 7.11 Å². The van der Waals surface area contributed by atoms with Crippen LogP contribution in [0, 0.1) is 0 Å². The molecule has 0 amide bonds. The van der Waals surface area contributed by atoms with Crippen molar-refractivity contribution < 1.29 is 9.47 Å². The fourth-order valence-corrected chi connectivity index (χ4v) is 3.70. The zero-order chi connectivity index (χ0) is 19.6. The van der Waals surface area contributed by atoms with Gasteiger partial charge in [-0.2, -0.15) is 0 Å². The minimum Gasteiger partial charge on any atom is -0.385 e. The molecule has 1 fully saturated rings. The lowest BCUT2D eigenvalue weighted by Crippen LogP contribution is -2.47. The third kappa shape index (κ3) is 7.12. The van der Waals surface area contributed by atoms with Gasteiger partial charge in [0.1, 0.15) is 0 Å². The summed E-state index contributed by atoms with van der Waals surface area (Å²) in [5, 5.41) is 6.02. The van der Waals surface area contributed by atoms with Crippen LogP contribution in [0.5, 0.6) is 0 Å². The monoisotopic (exact) mass is 511 g/mol. The van der Waals surface area contributed by atoms with Gasteiger partial charge in [-0.25, -0.2) is 4.99 Å². The van der Waals surface area contributed by atoms with Crippen LogP contribution in [0.15, 0.2) is 47.5 Å². The minimum atomic E-state index is 0. The van der Waals surface area contributed by atoms with E-state index in [1.807, 2.05) is 0 Å². The number of fused-ring (bicyclic) bond motifs is 1. The Kier molecular flexibility index (Phi) is 10.7. The van der Waals surface area contributed by atoms with E-state index in [9.17, 15) is 0 Å². The molecule has 5 nitrogen and oxygen atoms in total. The molecule has 0 unspecified atom stereocenters. The van der Waals surface area contributed by atoms with E-state index in [1.165, 1.54) is 16.3 Å². The number of hydrogen-bond donors (Lipinski definition) is 1. The van der Waals surface area contributed by atoms with E-state index in [0.717, 1.165) is 58.1 Å². The standard InChI is InChI=1S/C23H33N3O2.HI/c1-3-24-23(26-14-12-21(13-15-26)28-17-7-16-27-2)25-18-20-10-6-9-19-8-4-5-11-22(19)20;/h4-6,8-11,21H,3,7,12-18H2,1-2H3,(H,24,25);1H. The quantitative estimate of drug-likeness (QED) is 0.247. The van der Waals surface area contributed by atoms with E-state index in [0.29, 0.717) is 12.6 Å². The van der Waals surface area contributed by atoms with Gasteiger partial charge in [0, 0.05) is 40.0 Å². The molecule has 29 heavy (non-hydrogen) atoms. The fourth-order valence-electron chi connectivity index (χ4n) is 3.70. The molecule has 0 aromatic heterocycles. The minimum absolute atomic E-state index is 0. The third-order valence-electron chi connectivity index (χ3n) is 5.20. The van der Waals surface area contributed by atoms with Crippen LogP contribution in [0.1, 0.15) is 31.7 Å². The second-order valence-corrected chi connectivity index (χ2v) is 7.21. The number of rotatable bonds is 8. The predicted octanol–water partition coefficient (Wildman–Crippen LogP) is 4.44. The average Bonchev–Trinajstić information content (AvgIpc) is 2.75. The number of likely N-dealkylation sites (tertiary alicyclic amines) is 1. The van der Waals surface area contributed by atoms with Crippen LogP contribution in [0.2, 0.25) is 0 Å². The summed E-state index contributed by atoms with van der Waals surface area (Å²) in [6.45, 7) is 7.21. The van der Waals surface area contributed by atoms with Gasteiger partial charge in [-0.05, 0) is 42.5 Å². The van der Waals surface area contributed by atoms with Gasteiger partial charge in [-0.1, -0.05) is 42.5 Å². The first kappa shape index (κ1) is 23.9. The maximum atomic E-state index is 5.98. The van der Waals surface area contributed by atoms with Crippen molar-refractivity contribution >= 4 is 40.7 Å². The van der Waals surface area contributed by atoms with Crippen molar-refractivity contribution in [3.8, 4) is 0 Å². The Morgan fingerprint density at radius 1 is 1.10 bits per heavy atom. The molecule has 2 aromatic rings. The smallest absolute Gasteiger partial charge is 0.194 e. The lowest BCUT2D eigenvalue weighted by Gasteiger charge is -2.34. The molecule has 1 aliphatic rings. The summed E-state index contributed by atoms with van der Waals surface area (Å²) in [6.07, 6.45) is 3.41. The van der Waals surface area contributed by atoms with E-state index < -0.39 is 0 Å². The number of halogens is 1. The summed E-state index contributed by atoms with van der Waals surface area (Å²) in [5.41, 5.74) is 1.27. The first-order valence-corrected chi connectivity index (χ1v) is 10.4. The second kappa shape index (κ2) is 13.0. The van der Waals surface area contributed by atoms with Crippen molar-refractivity contribution in [1.29, 1.82) is 0 Å². The molecule has 0 saturated carbocycles. The van der Waals surface area contributed by atoms with Gasteiger partial charge in [0.05, 0.1) is 12.6 Å². The fraction of sp³-hybridized carbons (Fsp3) is 0.522. The highest BCUT2D eigenvalue weighted by molar-refractivity contribution is 14.0. The summed E-state index contributed by atoms with van der Waals surface area (Å²) in [5.74, 6) is 1.01. The Morgan fingerprint density at radius 3 is 2.62 bits per heavy atom. The molecular formula is C23H34IN3O2. The lowest BCUT2D eigenvalue weighted by atomic mass is 10.0. The van der Waals surface area contributed by atoms with Gasteiger partial charge in [-0.3, -0.25) is 0 Å². The van der Waals surface area contributed by atoms with E-state index in [-0.39, 0.29) is 24.0 Å². The zero-order valence-corrected chi connectivity index (χ0v) is 19.9. The highest BCUT2D eigenvalue weighted by Crippen LogP contribution is 2.20. The van der Waals surface area contributed by atoms with Crippen molar-refractivity contribution in [2.24, 2.45) is 4.99 Å². The number of piperidine rings is 1. The number of nitrogens with zero attached hydrogens (tertiary/aromatic N) is 2. The van der Waals surface area contributed by atoms with Gasteiger partial charge in [0.25, 0.3) is 0 Å². The molecule has 160 valence electrons. The number of nitrogens with one attached hydrogen (secondary N) is 1. The van der Waals surface area contributed by atoms with Crippen LogP contribution in [0.3, 0.4) is 0 Å². The topological polar surface area (TPSA) is 46.1 Å². The van der Waals surface area contributed by atoms with Gasteiger partial charge < -0.3 is 19.7 Å². The van der Waals surface area contributed by atoms with Gasteiger partial charge in [0.2, 0.25) is 0 Å². The summed E-state index contributed by atoms with van der Waals surface area (Å²) in [4.78, 5) is 7.31. The van der Waals surface area contributed by atoms with Crippen LogP contribution in [-0.2, 0) is 16.0 Å². The number of guanidine groups is 1. The number of methoxy groups -OCH3 is 1. The van der Waals surface area contributed by atoms with Crippen LogP contribution >= 0.6 is 24.0 Å². The van der Waals surface area contributed by atoms with Crippen LogP contribution in [0.25, 0.3) is 10.8 Å². The second-order valence-electron chi connectivity index (χ2n) is 7.21. The number of aliphatic imine (C=N–C) groups is 1. The molecule has 6 heteroatoms. The first-order chi connectivity index (χ1) is 13.8. The molecule has 0 radical (unpaired) electrons. The molecule has 0 bridgehead atoms. The Bertz CT molecular complexity index is 755. The van der Waals surface area contributed by atoms with Crippen molar-refractivity contribution in [3.05, 3.63) is 48.0 Å². The summed E-state index contributed by atoms with van der Waals surface area (Å²) >= 11 is 0. The summed E-state index contributed by atoms with van der Waals surface area (Å²) in [6, 6.07) is 15.0. The Hall–Kier alpha value is -1.38. The van der Waals surface area contributed by atoms with Crippen LogP contribution < -0.4 is 5.32 Å². The summed E-state index contributed by atoms with van der Waals surface area (Å²) in [7, 11) is 1.73. The molecular weight excluding hydrogens is 477 g/mol. The molecule has 1 saturated heterocycles. The largest absolute Gasteiger partial charge is 0.385 e. The molecule has 0 spiro atoms. The Morgan fingerprint density at radius 2 is 1.86 bits per heavy atom. The van der Waals surface area contributed by atoms with Crippen molar-refractivity contribution in [2.75, 3.05) is 40.0 Å². The molecule has 2 aromatic carbocycles. The van der Waals surface area contributed by atoms with Crippen molar-refractivity contribution in [1.82, 2.24) is 10.2 Å². The first-order valence-electron chi connectivity index (χ1n) is 10.4.